The maximum absolute atomic E-state index is 13.5. The van der Waals surface area contributed by atoms with Gasteiger partial charge in [-0.15, -0.1) is 0 Å². The number of β-lactam (4-membered cyclic amide) rings is 1. The van der Waals surface area contributed by atoms with Crippen molar-refractivity contribution in [1.29, 1.82) is 0 Å². The number of hydrazone groups is 1. The number of thioether (sulfide) groups is 1. The van der Waals surface area contributed by atoms with Crippen molar-refractivity contribution in [2.75, 3.05) is 19.6 Å². The Balaban J connectivity index is 1.31. The van der Waals surface area contributed by atoms with Crippen LogP contribution in [0.25, 0.3) is 0 Å². The zero-order valence-electron chi connectivity index (χ0n) is 21.0. The van der Waals surface area contributed by atoms with Gasteiger partial charge in [-0.25, -0.2) is 9.80 Å². The summed E-state index contributed by atoms with van der Waals surface area (Å²) >= 11 is 1.15. The third-order valence-corrected chi connectivity index (χ3v) is 8.86. The Hall–Kier alpha value is -3.60. The highest BCUT2D eigenvalue weighted by atomic mass is 32.2. The lowest BCUT2D eigenvalue weighted by Gasteiger charge is -2.42. The molecule has 3 saturated heterocycles. The summed E-state index contributed by atoms with van der Waals surface area (Å²) in [6.45, 7) is 2.60. The first-order valence-corrected chi connectivity index (χ1v) is 13.4. The molecule has 11 heteroatoms. The maximum atomic E-state index is 13.5. The first-order chi connectivity index (χ1) is 18.3. The lowest BCUT2D eigenvalue weighted by molar-refractivity contribution is -0.154. The largest absolute Gasteiger partial charge is 0.541 e. The molecule has 3 aliphatic heterocycles. The number of hydrogen-bond donors (Lipinski definition) is 0. The predicted octanol–water partition coefficient (Wildman–Crippen LogP) is 2.51. The number of ketones is 1. The molecule has 3 fully saturated rings. The minimum atomic E-state index is -1.51. The van der Waals surface area contributed by atoms with Gasteiger partial charge in [-0.2, -0.15) is 5.10 Å². The maximum Gasteiger partial charge on any atom is 0.378 e. The van der Waals surface area contributed by atoms with Gasteiger partial charge in [-0.3, -0.25) is 19.3 Å². The first-order valence-electron chi connectivity index (χ1n) is 12.5. The summed E-state index contributed by atoms with van der Waals surface area (Å²) in [5.74, 6) is -1.65. The van der Waals surface area contributed by atoms with Gasteiger partial charge in [0.1, 0.15) is 5.78 Å². The lowest BCUT2D eigenvalue weighted by atomic mass is 9.90. The van der Waals surface area contributed by atoms with E-state index in [2.05, 4.69) is 9.76 Å². The Morgan fingerprint density at radius 1 is 1.13 bits per heavy atom. The Morgan fingerprint density at radius 3 is 2.58 bits per heavy atom. The molecule has 194 valence electrons. The van der Waals surface area contributed by atoms with Gasteiger partial charge in [-0.1, -0.05) is 71.9 Å². The summed E-state index contributed by atoms with van der Waals surface area (Å²) in [6, 6.07) is 16.6. The van der Waals surface area contributed by atoms with Gasteiger partial charge in [0.05, 0.1) is 24.1 Å². The molecule has 9 nitrogen and oxygen atoms in total. The molecule has 0 aliphatic carbocycles. The summed E-state index contributed by atoms with van der Waals surface area (Å²) in [4.78, 5) is 53.7. The van der Waals surface area contributed by atoms with Crippen molar-refractivity contribution in [3.63, 3.8) is 0 Å². The second-order valence-electron chi connectivity index (χ2n) is 9.74. The molecular formula is C27H27BN4O5S. The third-order valence-electron chi connectivity index (χ3n) is 7.13. The van der Waals surface area contributed by atoms with Gasteiger partial charge in [0.25, 0.3) is 0 Å². The molecule has 3 atom stereocenters. The standard InChI is InChI=1S/C27H27BN4O5S/c1-18-8-10-20(11-9-18)16-29-32-13-5-12-31(26(32)36)27(25(35)37-28)17-30-23(34)22(24(30)38-27)15-21(33)14-19-6-3-2-4-7-19/h2-4,6-11,16,22,24H,5,12-15,17H2,1H3/b29-16+/t22?,24-,27-/m1/s1. The molecule has 38 heavy (non-hydrogen) atoms. The highest BCUT2D eigenvalue weighted by Gasteiger charge is 2.65. The van der Waals surface area contributed by atoms with Crippen LogP contribution in [0, 0.1) is 12.8 Å². The molecule has 0 aromatic heterocycles. The van der Waals surface area contributed by atoms with E-state index < -0.39 is 28.2 Å². The molecule has 0 spiro atoms. The number of aryl methyl sites for hydroxylation is 1. The summed E-state index contributed by atoms with van der Waals surface area (Å²) in [7, 11) is 5.32. The topological polar surface area (TPSA) is 99.6 Å². The van der Waals surface area contributed by atoms with Crippen molar-refractivity contribution in [2.45, 2.75) is 36.4 Å². The normalized spacial score (nSPS) is 24.9. The van der Waals surface area contributed by atoms with Crippen LogP contribution in [0.5, 0.6) is 0 Å². The molecule has 2 aromatic carbocycles. The smallest absolute Gasteiger partial charge is 0.378 e. The van der Waals surface area contributed by atoms with Crippen molar-refractivity contribution in [3.05, 3.63) is 71.3 Å². The molecule has 5 rings (SSSR count). The van der Waals surface area contributed by atoms with Crippen LogP contribution in [0.4, 0.5) is 4.79 Å². The second-order valence-corrected chi connectivity index (χ2v) is 11.1. The van der Waals surface area contributed by atoms with E-state index in [1.807, 2.05) is 61.5 Å². The summed E-state index contributed by atoms with van der Waals surface area (Å²) < 4.78 is 4.65. The number of carbonyl (C=O) groups is 4. The van der Waals surface area contributed by atoms with Crippen LogP contribution in [0.1, 0.15) is 29.5 Å². The first kappa shape index (κ1) is 26.0. The average molecular weight is 530 g/mol. The van der Waals surface area contributed by atoms with Crippen LogP contribution >= 0.6 is 11.8 Å². The number of hydrogen-bond acceptors (Lipinski definition) is 7. The monoisotopic (exact) mass is 530 g/mol. The summed E-state index contributed by atoms with van der Waals surface area (Å²) in [6.07, 6.45) is 2.46. The predicted molar refractivity (Wildman–Crippen MR) is 143 cm³/mol. The SMILES string of the molecule is [B]OC(=O)[C@@]1(N2CCCN(/N=C/c3ccc(C)cc3)C2=O)CN2C(=O)C(CC(=O)Cc3ccccc3)[C@H]2S1. The molecule has 0 bridgehead atoms. The number of urea groups is 1. The molecular weight excluding hydrogens is 503 g/mol. The van der Waals surface area contributed by atoms with E-state index in [-0.39, 0.29) is 37.6 Å². The molecule has 0 saturated carbocycles. The van der Waals surface area contributed by atoms with E-state index in [9.17, 15) is 19.2 Å². The van der Waals surface area contributed by atoms with E-state index in [0.29, 0.717) is 13.0 Å². The fraction of sp³-hybridized carbons (Fsp3) is 0.370. The average Bonchev–Trinajstić information content (AvgIpc) is 3.29. The van der Waals surface area contributed by atoms with Crippen molar-refractivity contribution >= 4 is 49.7 Å². The van der Waals surface area contributed by atoms with Gasteiger partial charge < -0.3 is 9.55 Å². The molecule has 3 amide bonds. The highest BCUT2D eigenvalue weighted by molar-refractivity contribution is 8.02. The zero-order chi connectivity index (χ0) is 26.9. The van der Waals surface area contributed by atoms with Crippen LogP contribution in [-0.4, -0.2) is 82.6 Å². The Kier molecular flexibility index (Phi) is 7.29. The minimum absolute atomic E-state index is 0.0537. The number of rotatable bonds is 8. The van der Waals surface area contributed by atoms with Gasteiger partial charge >= 0.3 is 20.0 Å². The number of nitrogens with zero attached hydrogens (tertiary/aromatic N) is 4. The van der Waals surface area contributed by atoms with E-state index in [0.717, 1.165) is 28.5 Å². The van der Waals surface area contributed by atoms with Crippen molar-refractivity contribution in [1.82, 2.24) is 14.8 Å². The Labute approximate surface area is 226 Å². The van der Waals surface area contributed by atoms with Crippen LogP contribution in [0.15, 0.2) is 59.7 Å². The van der Waals surface area contributed by atoms with Crippen molar-refractivity contribution in [3.8, 4) is 0 Å². The number of benzene rings is 2. The number of carbonyl (C=O) groups excluding carboxylic acids is 4. The summed E-state index contributed by atoms with van der Waals surface area (Å²) in [5.41, 5.74) is 2.83. The Morgan fingerprint density at radius 2 is 1.87 bits per heavy atom. The van der Waals surface area contributed by atoms with E-state index in [4.69, 9.17) is 8.05 Å². The van der Waals surface area contributed by atoms with Gasteiger partial charge in [0.15, 0.2) is 0 Å². The number of fused-ring (bicyclic) bond motifs is 1. The molecule has 2 radical (unpaired) electrons. The van der Waals surface area contributed by atoms with Gasteiger partial charge in [0, 0.05) is 25.9 Å². The van der Waals surface area contributed by atoms with Crippen molar-refractivity contribution in [2.24, 2.45) is 11.0 Å². The number of Topliss-reactive ketones (excluding diaryl/α,β-unsaturated/α-hetero) is 1. The second kappa shape index (κ2) is 10.6. The fourth-order valence-corrected chi connectivity index (χ4v) is 6.85. The van der Waals surface area contributed by atoms with Crippen LogP contribution in [0.2, 0.25) is 0 Å². The minimum Gasteiger partial charge on any atom is -0.541 e. The molecule has 0 N–H and O–H groups in total. The lowest BCUT2D eigenvalue weighted by Crippen LogP contribution is -2.63. The van der Waals surface area contributed by atoms with Crippen LogP contribution in [-0.2, 0) is 25.5 Å². The quantitative estimate of drug-likeness (QED) is 0.296. The molecule has 3 heterocycles. The summed E-state index contributed by atoms with van der Waals surface area (Å²) in [5, 5.41) is 5.25. The van der Waals surface area contributed by atoms with Crippen molar-refractivity contribution < 1.29 is 23.8 Å². The van der Waals surface area contributed by atoms with E-state index >= 15 is 0 Å². The molecule has 2 aromatic rings. The van der Waals surface area contributed by atoms with Gasteiger partial charge in [-0.05, 0) is 24.5 Å². The fourth-order valence-electron chi connectivity index (χ4n) is 5.11. The third kappa shape index (κ3) is 4.82. The van der Waals surface area contributed by atoms with Gasteiger partial charge in [0.2, 0.25) is 10.8 Å². The van der Waals surface area contributed by atoms with E-state index in [1.165, 1.54) is 14.8 Å². The molecule has 1 unspecified atom stereocenters. The van der Waals surface area contributed by atoms with Crippen LogP contribution < -0.4 is 0 Å². The Bertz CT molecular complexity index is 1270. The van der Waals surface area contributed by atoms with Crippen LogP contribution in [0.3, 0.4) is 0 Å². The van der Waals surface area contributed by atoms with E-state index in [1.54, 1.807) is 6.21 Å². The highest BCUT2D eigenvalue weighted by Crippen LogP contribution is 2.53. The zero-order valence-corrected chi connectivity index (χ0v) is 21.8. The number of amides is 3. The molecule has 3 aliphatic rings.